The molecule has 0 spiro atoms. The average Bonchev–Trinajstić information content (AvgIpc) is 2.62. The van der Waals surface area contributed by atoms with Gasteiger partial charge in [-0.3, -0.25) is 4.79 Å². The van der Waals surface area contributed by atoms with E-state index in [1.165, 1.54) is 26.3 Å². The zero-order valence-electron chi connectivity index (χ0n) is 13.2. The van der Waals surface area contributed by atoms with Gasteiger partial charge in [0.15, 0.2) is 6.29 Å². The van der Waals surface area contributed by atoms with Crippen LogP contribution in [0.3, 0.4) is 0 Å². The van der Waals surface area contributed by atoms with Gasteiger partial charge in [0.2, 0.25) is 0 Å². The lowest BCUT2D eigenvalue weighted by Crippen LogP contribution is -2.30. The van der Waals surface area contributed by atoms with Crippen LogP contribution >= 0.6 is 0 Å². The Morgan fingerprint density at radius 2 is 1.95 bits per heavy atom. The summed E-state index contributed by atoms with van der Waals surface area (Å²) in [5, 5.41) is 2.08. The number of anilines is 1. The van der Waals surface area contributed by atoms with Crippen LogP contribution in [0, 0.1) is 0 Å². The summed E-state index contributed by atoms with van der Waals surface area (Å²) in [6.45, 7) is 2.09. The molecule has 0 aliphatic carbocycles. The van der Waals surface area contributed by atoms with Crippen LogP contribution in [0.15, 0.2) is 24.4 Å². The smallest absolute Gasteiger partial charge is 0.153 e. The van der Waals surface area contributed by atoms with Crippen LogP contribution in [0.2, 0.25) is 0 Å². The highest BCUT2D eigenvalue weighted by atomic mass is 16.5. The van der Waals surface area contributed by atoms with Gasteiger partial charge in [-0.2, -0.15) is 0 Å². The van der Waals surface area contributed by atoms with Crippen LogP contribution in [0.1, 0.15) is 29.6 Å². The first-order valence-electron chi connectivity index (χ1n) is 7.58. The van der Waals surface area contributed by atoms with Crippen LogP contribution in [0.5, 0.6) is 5.75 Å². The van der Waals surface area contributed by atoms with Crippen molar-refractivity contribution in [3.63, 3.8) is 0 Å². The number of carbonyl (C=O) groups is 1. The fourth-order valence-corrected chi connectivity index (χ4v) is 2.83. The van der Waals surface area contributed by atoms with E-state index in [9.17, 15) is 4.79 Å². The Bertz CT molecular complexity index is 637. The van der Waals surface area contributed by atoms with Gasteiger partial charge in [0, 0.05) is 24.7 Å². The molecule has 118 valence electrons. The largest absolute Gasteiger partial charge is 0.496 e. The van der Waals surface area contributed by atoms with Crippen molar-refractivity contribution in [2.24, 2.45) is 5.73 Å². The highest BCUT2D eigenvalue weighted by Crippen LogP contribution is 2.31. The van der Waals surface area contributed by atoms with Gasteiger partial charge in [0.25, 0.3) is 0 Å². The second-order valence-corrected chi connectivity index (χ2v) is 5.12. The molecule has 0 unspecified atom stereocenters. The molecular formula is C17H23N3O2. The number of carbonyl (C=O) groups excluding carboxylic acids is 1. The molecule has 5 nitrogen and oxygen atoms in total. The quantitative estimate of drug-likeness (QED) is 0.883. The lowest BCUT2D eigenvalue weighted by atomic mass is 10.1. The molecular weight excluding hydrogens is 278 g/mol. The zero-order chi connectivity index (χ0) is 15.9. The number of ether oxygens (including phenoxy) is 1. The van der Waals surface area contributed by atoms with E-state index in [4.69, 9.17) is 4.74 Å². The van der Waals surface area contributed by atoms with E-state index in [0.717, 1.165) is 36.0 Å². The molecule has 1 aliphatic rings. The number of aromatic nitrogens is 1. The summed E-state index contributed by atoms with van der Waals surface area (Å²) < 4.78 is 5.31. The fraction of sp³-hybridized carbons (Fsp3) is 0.412. The minimum atomic E-state index is 0.579. The van der Waals surface area contributed by atoms with E-state index in [0.29, 0.717) is 11.3 Å². The lowest BCUT2D eigenvalue weighted by molar-refractivity contribution is 0.112. The zero-order valence-corrected chi connectivity index (χ0v) is 13.2. The van der Waals surface area contributed by atoms with Crippen molar-refractivity contribution in [2.75, 3.05) is 32.1 Å². The molecule has 2 aromatic rings. The SMILES string of the molecule is CN.COc1cc2c(N3CCCCC3)nccc2cc1C=O. The van der Waals surface area contributed by atoms with Crippen LogP contribution in [0.25, 0.3) is 10.8 Å². The van der Waals surface area contributed by atoms with E-state index in [2.05, 4.69) is 15.6 Å². The monoisotopic (exact) mass is 301 g/mol. The third-order valence-electron chi connectivity index (χ3n) is 3.88. The first kappa shape index (κ1) is 16.2. The fourth-order valence-electron chi connectivity index (χ4n) is 2.83. The summed E-state index contributed by atoms with van der Waals surface area (Å²) in [5.74, 6) is 1.61. The number of hydrogen-bond donors (Lipinski definition) is 1. The Morgan fingerprint density at radius 3 is 2.59 bits per heavy atom. The molecule has 0 radical (unpaired) electrons. The minimum Gasteiger partial charge on any atom is -0.496 e. The molecule has 1 aromatic heterocycles. The standard InChI is InChI=1S/C16H18N2O2.CH5N/c1-20-15-10-14-12(9-13(15)11-19)5-6-17-16(14)18-7-3-2-4-8-18;1-2/h5-6,9-11H,2-4,7-8H2,1H3;2H2,1H3. The van der Waals surface area contributed by atoms with Crippen LogP contribution in [-0.4, -0.2) is 38.5 Å². The molecule has 1 aromatic carbocycles. The molecule has 1 saturated heterocycles. The first-order chi connectivity index (χ1) is 10.8. The van der Waals surface area contributed by atoms with E-state index in [1.807, 2.05) is 24.4 Å². The van der Waals surface area contributed by atoms with Crippen LogP contribution in [-0.2, 0) is 0 Å². The van der Waals surface area contributed by atoms with Gasteiger partial charge in [-0.05, 0) is 49.9 Å². The summed E-state index contributed by atoms with van der Waals surface area (Å²) in [4.78, 5) is 18.0. The number of rotatable bonds is 3. The van der Waals surface area contributed by atoms with Crippen molar-refractivity contribution in [1.29, 1.82) is 0 Å². The number of hydrogen-bond acceptors (Lipinski definition) is 5. The minimum absolute atomic E-state index is 0.579. The molecule has 0 atom stereocenters. The van der Waals surface area contributed by atoms with Crippen molar-refractivity contribution in [2.45, 2.75) is 19.3 Å². The van der Waals surface area contributed by atoms with Crippen molar-refractivity contribution >= 4 is 22.9 Å². The Morgan fingerprint density at radius 1 is 1.23 bits per heavy atom. The van der Waals surface area contributed by atoms with Crippen molar-refractivity contribution < 1.29 is 9.53 Å². The van der Waals surface area contributed by atoms with Gasteiger partial charge in [-0.25, -0.2) is 4.98 Å². The predicted octanol–water partition coefficient (Wildman–Crippen LogP) is 2.62. The van der Waals surface area contributed by atoms with Crippen LogP contribution < -0.4 is 15.4 Å². The summed E-state index contributed by atoms with van der Waals surface area (Å²) in [6.07, 6.45) is 6.36. The van der Waals surface area contributed by atoms with Gasteiger partial charge in [-0.1, -0.05) is 0 Å². The Kier molecular flexibility index (Phi) is 5.72. The highest BCUT2D eigenvalue weighted by molar-refractivity contribution is 5.97. The van der Waals surface area contributed by atoms with E-state index in [1.54, 1.807) is 7.11 Å². The number of pyridine rings is 1. The molecule has 0 saturated carbocycles. The summed E-state index contributed by atoms with van der Waals surface area (Å²) in [5.41, 5.74) is 5.08. The van der Waals surface area contributed by atoms with E-state index < -0.39 is 0 Å². The number of methoxy groups -OCH3 is 1. The summed E-state index contributed by atoms with van der Waals surface area (Å²) in [6, 6.07) is 5.74. The highest BCUT2D eigenvalue weighted by Gasteiger charge is 2.16. The number of piperidine rings is 1. The van der Waals surface area contributed by atoms with Gasteiger partial charge >= 0.3 is 0 Å². The number of nitrogens with two attached hydrogens (primary N) is 1. The topological polar surface area (TPSA) is 68.5 Å². The Hall–Kier alpha value is -2.14. The molecule has 2 N–H and O–H groups in total. The molecule has 3 rings (SSSR count). The summed E-state index contributed by atoms with van der Waals surface area (Å²) in [7, 11) is 3.09. The third-order valence-corrected chi connectivity index (χ3v) is 3.88. The molecule has 5 heteroatoms. The Labute approximate surface area is 131 Å². The maximum Gasteiger partial charge on any atom is 0.153 e. The molecule has 2 heterocycles. The third kappa shape index (κ3) is 3.20. The van der Waals surface area contributed by atoms with Gasteiger partial charge < -0.3 is 15.4 Å². The predicted molar refractivity (Wildman–Crippen MR) is 89.9 cm³/mol. The number of benzene rings is 1. The normalized spacial score (nSPS) is 14.2. The maximum absolute atomic E-state index is 11.1. The lowest BCUT2D eigenvalue weighted by Gasteiger charge is -2.28. The second kappa shape index (κ2) is 7.75. The molecule has 1 aliphatic heterocycles. The average molecular weight is 301 g/mol. The van der Waals surface area contributed by atoms with Crippen LogP contribution in [0.4, 0.5) is 5.82 Å². The van der Waals surface area contributed by atoms with E-state index in [-0.39, 0.29) is 0 Å². The molecule has 22 heavy (non-hydrogen) atoms. The maximum atomic E-state index is 11.1. The molecule has 0 bridgehead atoms. The van der Waals surface area contributed by atoms with Gasteiger partial charge in [0.1, 0.15) is 11.6 Å². The second-order valence-electron chi connectivity index (χ2n) is 5.12. The number of nitrogens with zero attached hydrogens (tertiary/aromatic N) is 2. The Balaban J connectivity index is 0.000000847. The first-order valence-corrected chi connectivity index (χ1v) is 7.58. The summed E-state index contributed by atoms with van der Waals surface area (Å²) >= 11 is 0. The van der Waals surface area contributed by atoms with E-state index >= 15 is 0 Å². The van der Waals surface area contributed by atoms with Gasteiger partial charge in [-0.15, -0.1) is 0 Å². The number of aldehydes is 1. The molecule has 0 amide bonds. The molecule has 1 fully saturated rings. The number of fused-ring (bicyclic) bond motifs is 1. The van der Waals surface area contributed by atoms with Gasteiger partial charge in [0.05, 0.1) is 12.7 Å². The van der Waals surface area contributed by atoms with Crippen molar-refractivity contribution in [1.82, 2.24) is 4.98 Å². The van der Waals surface area contributed by atoms with Crippen molar-refractivity contribution in [3.8, 4) is 5.75 Å². The van der Waals surface area contributed by atoms with Crippen molar-refractivity contribution in [3.05, 3.63) is 30.0 Å².